The minimum absolute atomic E-state index is 0.154. The molecule has 5 heteroatoms. The van der Waals surface area contributed by atoms with Gasteiger partial charge in [0.1, 0.15) is 0 Å². The number of anilines is 2. The molecule has 0 bridgehead atoms. The molecule has 1 aromatic rings. The van der Waals surface area contributed by atoms with E-state index in [4.69, 9.17) is 10.5 Å². The van der Waals surface area contributed by atoms with Crippen LogP contribution in [0.25, 0.3) is 0 Å². The Labute approximate surface area is 106 Å². The molecule has 0 radical (unpaired) electrons. The van der Waals surface area contributed by atoms with Crippen molar-refractivity contribution in [3.05, 3.63) is 23.8 Å². The van der Waals surface area contributed by atoms with Crippen LogP contribution in [-0.4, -0.2) is 37.4 Å². The monoisotopic (exact) mass is 250 g/mol. The van der Waals surface area contributed by atoms with E-state index >= 15 is 0 Å². The topological polar surface area (TPSA) is 75.8 Å². The Morgan fingerprint density at radius 3 is 3.00 bits per heavy atom. The van der Waals surface area contributed by atoms with Crippen LogP contribution in [-0.2, 0) is 4.74 Å². The van der Waals surface area contributed by atoms with E-state index in [1.54, 1.807) is 25.3 Å². The van der Waals surface area contributed by atoms with Crippen LogP contribution in [0.15, 0.2) is 18.2 Å². The zero-order chi connectivity index (χ0) is 13.1. The van der Waals surface area contributed by atoms with Crippen molar-refractivity contribution < 1.29 is 14.6 Å². The maximum absolute atomic E-state index is 11.2. The first-order valence-corrected chi connectivity index (χ1v) is 6.02. The number of methoxy groups -OCH3 is 1. The Morgan fingerprint density at radius 1 is 1.56 bits per heavy atom. The zero-order valence-corrected chi connectivity index (χ0v) is 10.4. The smallest absolute Gasteiger partial charge is 0.337 e. The lowest BCUT2D eigenvalue weighted by Crippen LogP contribution is -2.40. The number of piperidine rings is 1. The number of nitrogens with two attached hydrogens (primary N) is 1. The van der Waals surface area contributed by atoms with E-state index in [1.807, 2.05) is 4.90 Å². The third-order valence-electron chi connectivity index (χ3n) is 3.30. The van der Waals surface area contributed by atoms with Gasteiger partial charge >= 0.3 is 5.97 Å². The Morgan fingerprint density at radius 2 is 2.33 bits per heavy atom. The molecule has 0 aromatic heterocycles. The number of hydrogen-bond acceptors (Lipinski definition) is 4. The largest absolute Gasteiger partial charge is 0.478 e. The quantitative estimate of drug-likeness (QED) is 0.797. The first-order chi connectivity index (χ1) is 8.61. The molecule has 5 nitrogen and oxygen atoms in total. The molecular formula is C13H18N2O3. The maximum atomic E-state index is 11.2. The highest BCUT2D eigenvalue weighted by atomic mass is 16.5. The number of carbonyl (C=O) groups is 1. The summed E-state index contributed by atoms with van der Waals surface area (Å²) in [5.41, 5.74) is 7.31. The Balaban J connectivity index is 2.31. The number of rotatable bonds is 3. The van der Waals surface area contributed by atoms with Gasteiger partial charge in [-0.05, 0) is 31.0 Å². The summed E-state index contributed by atoms with van der Waals surface area (Å²) in [6.07, 6.45) is 2.16. The molecule has 0 saturated carbocycles. The summed E-state index contributed by atoms with van der Waals surface area (Å²) in [4.78, 5) is 13.3. The van der Waals surface area contributed by atoms with Crippen molar-refractivity contribution in [2.24, 2.45) is 0 Å². The van der Waals surface area contributed by atoms with Crippen molar-refractivity contribution in [2.45, 2.75) is 18.9 Å². The summed E-state index contributed by atoms with van der Waals surface area (Å²) >= 11 is 0. The van der Waals surface area contributed by atoms with E-state index in [0.29, 0.717) is 23.5 Å². The van der Waals surface area contributed by atoms with Gasteiger partial charge < -0.3 is 20.5 Å². The molecule has 1 heterocycles. The average Bonchev–Trinajstić information content (AvgIpc) is 2.38. The number of nitrogens with zero attached hydrogens (tertiary/aromatic N) is 1. The summed E-state index contributed by atoms with van der Waals surface area (Å²) in [6.45, 7) is 1.55. The molecule has 1 aromatic carbocycles. The lowest BCUT2D eigenvalue weighted by Gasteiger charge is -2.34. The molecule has 0 aliphatic carbocycles. The molecule has 1 saturated heterocycles. The van der Waals surface area contributed by atoms with Gasteiger partial charge in [-0.3, -0.25) is 0 Å². The fourth-order valence-electron chi connectivity index (χ4n) is 2.34. The third kappa shape index (κ3) is 2.56. The summed E-state index contributed by atoms with van der Waals surface area (Å²) in [7, 11) is 1.69. The Hall–Kier alpha value is -1.75. The molecule has 1 unspecified atom stereocenters. The number of carboxylic acid groups (broad SMARTS) is 1. The maximum Gasteiger partial charge on any atom is 0.337 e. The highest BCUT2D eigenvalue weighted by molar-refractivity contribution is 5.95. The van der Waals surface area contributed by atoms with Gasteiger partial charge in [0, 0.05) is 25.9 Å². The van der Waals surface area contributed by atoms with Gasteiger partial charge in [0.2, 0.25) is 0 Å². The first-order valence-electron chi connectivity index (χ1n) is 6.02. The zero-order valence-electron chi connectivity index (χ0n) is 10.4. The normalized spacial score (nSPS) is 19.8. The van der Waals surface area contributed by atoms with E-state index in [-0.39, 0.29) is 6.10 Å². The van der Waals surface area contributed by atoms with Crippen LogP contribution in [0, 0.1) is 0 Å². The number of hydrogen-bond donors (Lipinski definition) is 2. The summed E-state index contributed by atoms with van der Waals surface area (Å²) in [6, 6.07) is 4.90. The molecule has 1 aliphatic rings. The van der Waals surface area contributed by atoms with Gasteiger partial charge in [0.05, 0.1) is 17.4 Å². The predicted octanol–water partition coefficient (Wildman–Crippen LogP) is 1.58. The van der Waals surface area contributed by atoms with Crippen molar-refractivity contribution in [1.29, 1.82) is 0 Å². The highest BCUT2D eigenvalue weighted by Crippen LogP contribution is 2.27. The van der Waals surface area contributed by atoms with Gasteiger partial charge in [-0.1, -0.05) is 0 Å². The molecule has 2 rings (SSSR count). The van der Waals surface area contributed by atoms with E-state index in [1.165, 1.54) is 0 Å². The van der Waals surface area contributed by atoms with Gasteiger partial charge in [-0.25, -0.2) is 4.79 Å². The van der Waals surface area contributed by atoms with Crippen molar-refractivity contribution in [3.8, 4) is 0 Å². The van der Waals surface area contributed by atoms with Gasteiger partial charge in [-0.15, -0.1) is 0 Å². The van der Waals surface area contributed by atoms with Gasteiger partial charge in [0.15, 0.2) is 0 Å². The van der Waals surface area contributed by atoms with Crippen LogP contribution in [0.3, 0.4) is 0 Å². The summed E-state index contributed by atoms with van der Waals surface area (Å²) in [5.74, 6) is -0.926. The number of nitrogen functional groups attached to an aromatic ring is 1. The minimum Gasteiger partial charge on any atom is -0.478 e. The standard InChI is InChI=1S/C13H18N2O3/c1-18-10-3-2-6-15(8-10)12-7-9(14)4-5-11(12)13(16)17/h4-5,7,10H,2-3,6,8,14H2,1H3,(H,16,17). The lowest BCUT2D eigenvalue weighted by molar-refractivity contribution is 0.0695. The summed E-state index contributed by atoms with van der Waals surface area (Å²) in [5, 5.41) is 9.21. The van der Waals surface area contributed by atoms with Crippen molar-refractivity contribution >= 4 is 17.3 Å². The Kier molecular flexibility index (Phi) is 3.72. The molecule has 3 N–H and O–H groups in total. The van der Waals surface area contributed by atoms with Crippen molar-refractivity contribution in [2.75, 3.05) is 30.8 Å². The minimum atomic E-state index is -0.926. The van der Waals surface area contributed by atoms with Crippen LogP contribution in [0.2, 0.25) is 0 Å². The molecule has 0 amide bonds. The first kappa shape index (κ1) is 12.7. The van der Waals surface area contributed by atoms with E-state index in [2.05, 4.69) is 0 Å². The number of carboxylic acids is 1. The summed E-state index contributed by atoms with van der Waals surface area (Å²) < 4.78 is 5.35. The molecule has 1 atom stereocenters. The van der Waals surface area contributed by atoms with Gasteiger partial charge in [0.25, 0.3) is 0 Å². The second-order valence-electron chi connectivity index (χ2n) is 4.53. The molecule has 98 valence electrons. The Bertz CT molecular complexity index is 448. The van der Waals surface area contributed by atoms with E-state index in [9.17, 15) is 9.90 Å². The average molecular weight is 250 g/mol. The molecule has 18 heavy (non-hydrogen) atoms. The fourth-order valence-corrected chi connectivity index (χ4v) is 2.34. The third-order valence-corrected chi connectivity index (χ3v) is 3.30. The van der Waals surface area contributed by atoms with E-state index < -0.39 is 5.97 Å². The van der Waals surface area contributed by atoms with Crippen molar-refractivity contribution in [3.63, 3.8) is 0 Å². The van der Waals surface area contributed by atoms with Gasteiger partial charge in [-0.2, -0.15) is 0 Å². The van der Waals surface area contributed by atoms with Crippen LogP contribution >= 0.6 is 0 Å². The van der Waals surface area contributed by atoms with Crippen molar-refractivity contribution in [1.82, 2.24) is 0 Å². The molecule has 0 spiro atoms. The number of ether oxygens (including phenoxy) is 1. The molecule has 1 fully saturated rings. The fraction of sp³-hybridized carbons (Fsp3) is 0.462. The van der Waals surface area contributed by atoms with Crippen LogP contribution in [0.1, 0.15) is 23.2 Å². The lowest BCUT2D eigenvalue weighted by atomic mass is 10.0. The second kappa shape index (κ2) is 5.27. The molecular weight excluding hydrogens is 232 g/mol. The van der Waals surface area contributed by atoms with Crippen LogP contribution in [0.5, 0.6) is 0 Å². The SMILES string of the molecule is COC1CCCN(c2cc(N)ccc2C(=O)O)C1. The predicted molar refractivity (Wildman–Crippen MR) is 70.1 cm³/mol. The van der Waals surface area contributed by atoms with Crippen LogP contribution in [0.4, 0.5) is 11.4 Å². The second-order valence-corrected chi connectivity index (χ2v) is 4.53. The number of benzene rings is 1. The number of aromatic carboxylic acids is 1. The van der Waals surface area contributed by atoms with Crippen LogP contribution < -0.4 is 10.6 Å². The highest BCUT2D eigenvalue weighted by Gasteiger charge is 2.23. The van der Waals surface area contributed by atoms with E-state index in [0.717, 1.165) is 19.4 Å². The molecule has 1 aliphatic heterocycles.